The molecule has 92 valence electrons. The van der Waals surface area contributed by atoms with Crippen molar-refractivity contribution in [1.29, 1.82) is 0 Å². The van der Waals surface area contributed by atoms with E-state index in [0.29, 0.717) is 0 Å². The zero-order valence-corrected chi connectivity index (χ0v) is 10.5. The van der Waals surface area contributed by atoms with E-state index < -0.39 is 22.0 Å². The minimum atomic E-state index is -0.797. The lowest BCUT2D eigenvalue weighted by atomic mass is 10.4. The standard InChI is InChI=1S/C9H9BrN2O5/c1-2-17-8(13)5-11-3-6(10)9(14)7(4-11)12(15)16/h3-4H,2,5H2,1H3. The van der Waals surface area contributed by atoms with E-state index in [1.165, 1.54) is 10.8 Å². The number of esters is 1. The SMILES string of the molecule is CCOC(=O)Cn1cc(Br)c(=O)c([N+](=O)[O-])c1. The maximum absolute atomic E-state index is 11.4. The van der Waals surface area contributed by atoms with E-state index in [9.17, 15) is 19.7 Å². The summed E-state index contributed by atoms with van der Waals surface area (Å²) in [4.78, 5) is 32.3. The van der Waals surface area contributed by atoms with Crippen molar-refractivity contribution >= 4 is 27.6 Å². The first-order valence-electron chi connectivity index (χ1n) is 4.65. The third-order valence-corrected chi connectivity index (χ3v) is 2.40. The van der Waals surface area contributed by atoms with Crippen LogP contribution >= 0.6 is 15.9 Å². The van der Waals surface area contributed by atoms with Gasteiger partial charge in [0.25, 0.3) is 5.43 Å². The van der Waals surface area contributed by atoms with Crippen LogP contribution in [0.15, 0.2) is 21.7 Å². The summed E-state index contributed by atoms with van der Waals surface area (Å²) in [5.74, 6) is -0.530. The molecule has 1 aromatic rings. The predicted molar refractivity (Wildman–Crippen MR) is 61.7 cm³/mol. The number of hydrogen-bond donors (Lipinski definition) is 0. The largest absolute Gasteiger partial charge is 0.465 e. The molecule has 0 aromatic carbocycles. The van der Waals surface area contributed by atoms with E-state index in [4.69, 9.17) is 4.74 Å². The summed E-state index contributed by atoms with van der Waals surface area (Å²) in [6, 6.07) is 0. The van der Waals surface area contributed by atoms with Gasteiger partial charge in [0.1, 0.15) is 6.54 Å². The number of carbonyl (C=O) groups excluding carboxylic acids is 1. The van der Waals surface area contributed by atoms with Gasteiger partial charge in [0, 0.05) is 6.20 Å². The first kappa shape index (κ1) is 13.4. The van der Waals surface area contributed by atoms with Crippen LogP contribution in [0, 0.1) is 10.1 Å². The molecule has 17 heavy (non-hydrogen) atoms. The van der Waals surface area contributed by atoms with Crippen LogP contribution in [0.3, 0.4) is 0 Å². The van der Waals surface area contributed by atoms with Crippen molar-refractivity contribution in [3.63, 3.8) is 0 Å². The number of rotatable bonds is 4. The Bertz CT molecular complexity index is 511. The molecule has 0 fully saturated rings. The number of hydrogen-bond acceptors (Lipinski definition) is 5. The summed E-state index contributed by atoms with van der Waals surface area (Å²) in [7, 11) is 0. The molecule has 0 atom stereocenters. The lowest BCUT2D eigenvalue weighted by Gasteiger charge is -2.06. The molecule has 8 heteroatoms. The van der Waals surface area contributed by atoms with Crippen LogP contribution in [0.25, 0.3) is 0 Å². The molecule has 0 bridgehead atoms. The fourth-order valence-electron chi connectivity index (χ4n) is 1.16. The summed E-state index contributed by atoms with van der Waals surface area (Å²) < 4.78 is 5.94. The molecule has 1 aromatic heterocycles. The minimum Gasteiger partial charge on any atom is -0.465 e. The van der Waals surface area contributed by atoms with E-state index in [0.717, 1.165) is 6.20 Å². The summed E-state index contributed by atoms with van der Waals surface area (Å²) in [6.45, 7) is 1.69. The van der Waals surface area contributed by atoms with Crippen molar-refractivity contribution in [2.24, 2.45) is 0 Å². The molecule has 0 amide bonds. The smallest absolute Gasteiger partial charge is 0.333 e. The van der Waals surface area contributed by atoms with Crippen LogP contribution in [0.2, 0.25) is 0 Å². The Kier molecular flexibility index (Phi) is 4.38. The highest BCUT2D eigenvalue weighted by atomic mass is 79.9. The molecule has 0 N–H and O–H groups in total. The molecular formula is C9H9BrN2O5. The molecule has 0 spiro atoms. The summed E-state index contributed by atoms with van der Waals surface area (Å²) in [5, 5.41) is 10.6. The number of nitro groups is 1. The van der Waals surface area contributed by atoms with Crippen LogP contribution in [-0.2, 0) is 16.1 Å². The maximum Gasteiger partial charge on any atom is 0.333 e. The molecule has 0 aliphatic rings. The number of halogens is 1. The molecule has 0 saturated heterocycles. The Morgan fingerprint density at radius 1 is 1.59 bits per heavy atom. The van der Waals surface area contributed by atoms with Crippen LogP contribution in [-0.4, -0.2) is 22.1 Å². The van der Waals surface area contributed by atoms with Gasteiger partial charge in [-0.2, -0.15) is 0 Å². The zero-order chi connectivity index (χ0) is 13.0. The Labute approximate surface area is 104 Å². The number of ether oxygens (including phenoxy) is 1. The summed E-state index contributed by atoms with van der Waals surface area (Å²) in [5.41, 5.74) is -1.32. The second-order valence-corrected chi connectivity index (χ2v) is 3.91. The van der Waals surface area contributed by atoms with E-state index in [1.54, 1.807) is 6.92 Å². The van der Waals surface area contributed by atoms with Gasteiger partial charge < -0.3 is 9.30 Å². The molecule has 0 radical (unpaired) electrons. The van der Waals surface area contributed by atoms with Crippen molar-refractivity contribution in [2.75, 3.05) is 6.61 Å². The highest BCUT2D eigenvalue weighted by Gasteiger charge is 2.16. The second-order valence-electron chi connectivity index (χ2n) is 3.05. The van der Waals surface area contributed by atoms with E-state index in [1.807, 2.05) is 0 Å². The Hall–Kier alpha value is -1.70. The first-order chi connectivity index (χ1) is 7.95. The summed E-state index contributed by atoms with van der Waals surface area (Å²) in [6.07, 6.45) is 2.30. The van der Waals surface area contributed by atoms with Gasteiger partial charge in [-0.05, 0) is 22.9 Å². The first-order valence-corrected chi connectivity index (χ1v) is 5.44. The molecule has 1 rings (SSSR count). The van der Waals surface area contributed by atoms with Gasteiger partial charge in [-0.25, -0.2) is 0 Å². The number of aromatic nitrogens is 1. The molecule has 0 aliphatic heterocycles. The summed E-state index contributed by atoms with van der Waals surface area (Å²) >= 11 is 2.90. The number of pyridine rings is 1. The molecule has 0 aliphatic carbocycles. The molecular weight excluding hydrogens is 296 g/mol. The number of nitrogens with zero attached hydrogens (tertiary/aromatic N) is 2. The van der Waals surface area contributed by atoms with Crippen LogP contribution in [0.1, 0.15) is 6.92 Å². The van der Waals surface area contributed by atoms with Crippen molar-refractivity contribution in [1.82, 2.24) is 4.57 Å². The minimum absolute atomic E-state index is 0.0241. The molecule has 0 unspecified atom stereocenters. The Morgan fingerprint density at radius 3 is 2.76 bits per heavy atom. The monoisotopic (exact) mass is 304 g/mol. The van der Waals surface area contributed by atoms with E-state index >= 15 is 0 Å². The van der Waals surface area contributed by atoms with Crippen LogP contribution in [0.4, 0.5) is 5.69 Å². The number of carbonyl (C=O) groups is 1. The second kappa shape index (κ2) is 5.58. The van der Waals surface area contributed by atoms with Gasteiger partial charge >= 0.3 is 11.7 Å². The van der Waals surface area contributed by atoms with Crippen LogP contribution in [0.5, 0.6) is 0 Å². The average molecular weight is 305 g/mol. The molecule has 1 heterocycles. The van der Waals surface area contributed by atoms with Gasteiger partial charge in [0.2, 0.25) is 0 Å². The predicted octanol–water partition coefficient (Wildman–Crippen LogP) is 1.08. The van der Waals surface area contributed by atoms with Gasteiger partial charge in [0.15, 0.2) is 0 Å². The zero-order valence-electron chi connectivity index (χ0n) is 8.88. The average Bonchev–Trinajstić information content (AvgIpc) is 2.23. The van der Waals surface area contributed by atoms with Crippen molar-refractivity contribution < 1.29 is 14.5 Å². The van der Waals surface area contributed by atoms with Gasteiger partial charge in [-0.3, -0.25) is 19.7 Å². The third kappa shape index (κ3) is 3.38. The van der Waals surface area contributed by atoms with E-state index in [2.05, 4.69) is 15.9 Å². The molecule has 7 nitrogen and oxygen atoms in total. The Morgan fingerprint density at radius 2 is 2.24 bits per heavy atom. The van der Waals surface area contributed by atoms with Gasteiger partial charge in [0.05, 0.1) is 22.2 Å². The highest BCUT2D eigenvalue weighted by molar-refractivity contribution is 9.10. The van der Waals surface area contributed by atoms with Crippen molar-refractivity contribution in [3.8, 4) is 0 Å². The third-order valence-electron chi connectivity index (χ3n) is 1.83. The fraction of sp³-hybridized carbons (Fsp3) is 0.333. The topological polar surface area (TPSA) is 91.4 Å². The fourth-order valence-corrected chi connectivity index (χ4v) is 1.62. The van der Waals surface area contributed by atoms with Crippen LogP contribution < -0.4 is 5.43 Å². The van der Waals surface area contributed by atoms with E-state index in [-0.39, 0.29) is 17.6 Å². The normalized spacial score (nSPS) is 10.0. The van der Waals surface area contributed by atoms with Crippen molar-refractivity contribution in [2.45, 2.75) is 13.5 Å². The lowest BCUT2D eigenvalue weighted by Crippen LogP contribution is -2.18. The quantitative estimate of drug-likeness (QED) is 0.471. The lowest BCUT2D eigenvalue weighted by molar-refractivity contribution is -0.386. The van der Waals surface area contributed by atoms with Gasteiger partial charge in [-0.1, -0.05) is 0 Å². The maximum atomic E-state index is 11.4. The highest BCUT2D eigenvalue weighted by Crippen LogP contribution is 2.10. The van der Waals surface area contributed by atoms with Crippen molar-refractivity contribution in [3.05, 3.63) is 37.2 Å². The Balaban J connectivity index is 3.07. The molecule has 0 saturated carbocycles. The van der Waals surface area contributed by atoms with Gasteiger partial charge in [-0.15, -0.1) is 0 Å².